The van der Waals surface area contributed by atoms with Crippen molar-refractivity contribution in [3.63, 3.8) is 0 Å². The molecule has 0 spiro atoms. The molecule has 9 heteroatoms. The molecule has 0 aliphatic carbocycles. The first-order valence-electron chi connectivity index (χ1n) is 7.54. The maximum absolute atomic E-state index is 12.8. The quantitative estimate of drug-likeness (QED) is 0.340. The van der Waals surface area contributed by atoms with E-state index in [4.69, 9.17) is 0 Å². The molecule has 1 amide bonds. The van der Waals surface area contributed by atoms with Gasteiger partial charge < -0.3 is 16.0 Å². The van der Waals surface area contributed by atoms with Crippen LogP contribution in [0.4, 0.5) is 10.1 Å². The van der Waals surface area contributed by atoms with Crippen LogP contribution in [0.25, 0.3) is 0 Å². The molecule has 3 N–H and O–H groups in total. The zero-order valence-electron chi connectivity index (χ0n) is 14.0. The van der Waals surface area contributed by atoms with Crippen molar-refractivity contribution in [1.29, 1.82) is 0 Å². The topological polar surface area (TPSA) is 78.4 Å². The third-order valence-corrected chi connectivity index (χ3v) is 4.27. The number of amides is 1. The number of aliphatic imine (C=N–C) groups is 1. The highest BCUT2D eigenvalue weighted by Crippen LogP contribution is 2.12. The Bertz CT molecular complexity index is 705. The summed E-state index contributed by atoms with van der Waals surface area (Å²) in [6, 6.07) is 5.60. The molecule has 0 saturated carbocycles. The van der Waals surface area contributed by atoms with Gasteiger partial charge in [0.1, 0.15) is 10.8 Å². The number of nitrogens with zero attached hydrogens (tertiary/aromatic N) is 2. The smallest absolute Gasteiger partial charge is 0.243 e. The van der Waals surface area contributed by atoms with Gasteiger partial charge in [0.2, 0.25) is 5.91 Å². The van der Waals surface area contributed by atoms with E-state index in [0.29, 0.717) is 18.2 Å². The predicted octanol–water partition coefficient (Wildman–Crippen LogP) is 2.77. The summed E-state index contributed by atoms with van der Waals surface area (Å²) in [6.45, 7) is 2.68. The van der Waals surface area contributed by atoms with Gasteiger partial charge in [-0.15, -0.1) is 35.3 Å². The molecule has 0 radical (unpaired) electrons. The Morgan fingerprint density at radius 2 is 2.00 bits per heavy atom. The molecule has 2 aromatic rings. The second-order valence-electron chi connectivity index (χ2n) is 4.91. The number of guanidine groups is 1. The lowest BCUT2D eigenvalue weighted by Gasteiger charge is -2.11. The van der Waals surface area contributed by atoms with Gasteiger partial charge in [0, 0.05) is 23.8 Å². The summed E-state index contributed by atoms with van der Waals surface area (Å²) >= 11 is 1.65. The van der Waals surface area contributed by atoms with E-state index in [1.807, 2.05) is 6.20 Å². The van der Waals surface area contributed by atoms with Crippen molar-refractivity contribution in [3.8, 4) is 0 Å². The van der Waals surface area contributed by atoms with Crippen LogP contribution in [-0.2, 0) is 17.8 Å². The fourth-order valence-corrected chi connectivity index (χ4v) is 2.68. The molecule has 6 nitrogen and oxygen atoms in total. The van der Waals surface area contributed by atoms with Gasteiger partial charge in [-0.3, -0.25) is 9.79 Å². The van der Waals surface area contributed by atoms with Crippen molar-refractivity contribution in [2.75, 3.05) is 18.9 Å². The van der Waals surface area contributed by atoms with Gasteiger partial charge >= 0.3 is 0 Å². The molecule has 0 aliphatic heterocycles. The van der Waals surface area contributed by atoms with Gasteiger partial charge in [0.25, 0.3) is 0 Å². The molecule has 0 aliphatic rings. The summed E-state index contributed by atoms with van der Waals surface area (Å²) in [6.07, 6.45) is 2.84. The molecule has 136 valence electrons. The van der Waals surface area contributed by atoms with Crippen LogP contribution in [-0.4, -0.2) is 30.4 Å². The van der Waals surface area contributed by atoms with Crippen LogP contribution in [0.15, 0.2) is 35.5 Å². The van der Waals surface area contributed by atoms with Gasteiger partial charge in [0.15, 0.2) is 5.96 Å². The number of hydrogen-bond donors (Lipinski definition) is 3. The van der Waals surface area contributed by atoms with E-state index >= 15 is 0 Å². The number of thiazole rings is 1. The Balaban J connectivity index is 0.00000312. The number of carbonyl (C=O) groups is 1. The molecule has 1 aromatic carbocycles. The summed E-state index contributed by atoms with van der Waals surface area (Å²) in [4.78, 5) is 21.5. The number of nitrogens with one attached hydrogen (secondary N) is 3. The SMILES string of the molecule is CCc1cnc(CNC(=NC)NCC(=O)Nc2ccc(F)cc2)s1.I. The fourth-order valence-electron chi connectivity index (χ4n) is 1.88. The second kappa shape index (κ2) is 11.0. The maximum Gasteiger partial charge on any atom is 0.243 e. The van der Waals surface area contributed by atoms with Crippen LogP contribution in [0.3, 0.4) is 0 Å². The lowest BCUT2D eigenvalue weighted by molar-refractivity contribution is -0.115. The maximum atomic E-state index is 12.8. The highest BCUT2D eigenvalue weighted by atomic mass is 127. The summed E-state index contributed by atoms with van der Waals surface area (Å²) in [5.41, 5.74) is 0.543. The number of benzene rings is 1. The third-order valence-electron chi connectivity index (χ3n) is 3.12. The lowest BCUT2D eigenvalue weighted by atomic mass is 10.3. The Morgan fingerprint density at radius 3 is 2.60 bits per heavy atom. The van der Waals surface area contributed by atoms with E-state index in [0.717, 1.165) is 11.4 Å². The number of anilines is 1. The normalized spacial score (nSPS) is 10.8. The molecule has 1 aromatic heterocycles. The summed E-state index contributed by atoms with van der Waals surface area (Å²) in [5.74, 6) is -0.0753. The number of rotatable bonds is 6. The second-order valence-corrected chi connectivity index (χ2v) is 6.11. The fraction of sp³-hybridized carbons (Fsp3) is 0.312. The number of carbonyl (C=O) groups excluding carboxylic acids is 1. The van der Waals surface area contributed by atoms with Gasteiger partial charge in [-0.25, -0.2) is 9.37 Å². The average molecular weight is 477 g/mol. The van der Waals surface area contributed by atoms with Gasteiger partial charge in [0.05, 0.1) is 13.1 Å². The highest BCUT2D eigenvalue weighted by Gasteiger charge is 2.06. The minimum atomic E-state index is -0.343. The number of halogens is 2. The van der Waals surface area contributed by atoms with Crippen molar-refractivity contribution in [1.82, 2.24) is 15.6 Å². The number of aryl methyl sites for hydroxylation is 1. The van der Waals surface area contributed by atoms with Crippen LogP contribution < -0.4 is 16.0 Å². The molecule has 0 unspecified atom stereocenters. The minimum Gasteiger partial charge on any atom is -0.350 e. The monoisotopic (exact) mass is 477 g/mol. The van der Waals surface area contributed by atoms with E-state index in [2.05, 4.69) is 32.9 Å². The number of aromatic nitrogens is 1. The highest BCUT2D eigenvalue weighted by molar-refractivity contribution is 14.0. The average Bonchev–Trinajstić information content (AvgIpc) is 3.05. The van der Waals surface area contributed by atoms with E-state index in [1.54, 1.807) is 18.4 Å². The molecule has 1 heterocycles. The summed E-state index contributed by atoms with van der Waals surface area (Å²) in [7, 11) is 1.63. The van der Waals surface area contributed by atoms with Crippen LogP contribution in [0.1, 0.15) is 16.8 Å². The largest absolute Gasteiger partial charge is 0.350 e. The van der Waals surface area contributed by atoms with Gasteiger partial charge in [-0.05, 0) is 30.7 Å². The van der Waals surface area contributed by atoms with Crippen LogP contribution in [0.2, 0.25) is 0 Å². The van der Waals surface area contributed by atoms with Crippen LogP contribution in [0, 0.1) is 5.82 Å². The molecule has 0 atom stereocenters. The number of hydrogen-bond acceptors (Lipinski definition) is 4. The Labute approximate surface area is 167 Å². The zero-order chi connectivity index (χ0) is 17.4. The third kappa shape index (κ3) is 7.34. The minimum absolute atomic E-state index is 0. The standard InChI is InChI=1S/C16H20FN5OS.HI/c1-3-13-8-19-15(24-13)10-21-16(18-2)20-9-14(23)22-12-6-4-11(17)5-7-12;/h4-8H,3,9-10H2,1-2H3,(H,22,23)(H2,18,20,21);1H. The van der Waals surface area contributed by atoms with Gasteiger partial charge in [-0.2, -0.15) is 0 Å². The Kier molecular flexibility index (Phi) is 9.35. The van der Waals surface area contributed by atoms with Crippen molar-refractivity contribution in [2.24, 2.45) is 4.99 Å². The molecule has 0 fully saturated rings. The molecule has 0 bridgehead atoms. The first kappa shape index (κ1) is 21.3. The molecule has 2 rings (SSSR count). The summed E-state index contributed by atoms with van der Waals surface area (Å²) < 4.78 is 12.8. The van der Waals surface area contributed by atoms with Gasteiger partial charge in [-0.1, -0.05) is 6.92 Å². The van der Waals surface area contributed by atoms with E-state index < -0.39 is 0 Å². The Hall–Kier alpha value is -1.75. The van der Waals surface area contributed by atoms with Crippen molar-refractivity contribution in [2.45, 2.75) is 19.9 Å². The first-order valence-corrected chi connectivity index (χ1v) is 8.36. The zero-order valence-corrected chi connectivity index (χ0v) is 17.2. The van der Waals surface area contributed by atoms with Crippen molar-refractivity contribution >= 4 is 52.9 Å². The molecular formula is C16H21FIN5OS. The lowest BCUT2D eigenvalue weighted by Crippen LogP contribution is -2.41. The Morgan fingerprint density at radius 1 is 1.28 bits per heavy atom. The summed E-state index contributed by atoms with van der Waals surface area (Å²) in [5, 5.41) is 9.66. The van der Waals surface area contributed by atoms with Crippen LogP contribution >= 0.6 is 35.3 Å². The molecule has 25 heavy (non-hydrogen) atoms. The van der Waals surface area contributed by atoms with E-state index in [-0.39, 0.29) is 42.2 Å². The van der Waals surface area contributed by atoms with Crippen molar-refractivity contribution < 1.29 is 9.18 Å². The van der Waals surface area contributed by atoms with Crippen molar-refractivity contribution in [3.05, 3.63) is 46.2 Å². The molecular weight excluding hydrogens is 456 g/mol. The molecule has 0 saturated heterocycles. The van der Waals surface area contributed by atoms with E-state index in [9.17, 15) is 9.18 Å². The van der Waals surface area contributed by atoms with Crippen LogP contribution in [0.5, 0.6) is 0 Å². The predicted molar refractivity (Wildman–Crippen MR) is 110 cm³/mol. The van der Waals surface area contributed by atoms with E-state index in [1.165, 1.54) is 29.1 Å². The first-order chi connectivity index (χ1) is 11.6.